The number of fused-ring (bicyclic) bond motifs is 5. The standard InChI is InChI=1S/C20H25FO3/c1-17-8-6-13(22)10-12(17)4-5-14-18(2)9-7-15(23)19(18,3)11-16(24)20(14,17)21/h6,8,10,14,16,24H,4-5,7,9,11H2,1-3H3/t14-,16?,17-,18-,19+,20+/m0/s1. The number of aliphatic hydroxyl groups excluding tert-OH is 1. The number of carbonyl (C=O) groups is 2. The summed E-state index contributed by atoms with van der Waals surface area (Å²) in [6, 6.07) is 0. The van der Waals surface area contributed by atoms with E-state index in [0.29, 0.717) is 25.7 Å². The van der Waals surface area contributed by atoms with Gasteiger partial charge in [0.2, 0.25) is 0 Å². The molecule has 0 aromatic rings. The van der Waals surface area contributed by atoms with Crippen LogP contribution >= 0.6 is 0 Å². The van der Waals surface area contributed by atoms with Crippen molar-refractivity contribution in [3.8, 4) is 0 Å². The second kappa shape index (κ2) is 4.46. The molecule has 0 saturated heterocycles. The molecule has 0 amide bonds. The molecule has 0 aromatic heterocycles. The zero-order valence-electron chi connectivity index (χ0n) is 14.6. The van der Waals surface area contributed by atoms with Gasteiger partial charge < -0.3 is 5.11 Å². The molecule has 130 valence electrons. The lowest BCUT2D eigenvalue weighted by atomic mass is 9.41. The number of carbonyl (C=O) groups excluding carboxylic acids is 2. The van der Waals surface area contributed by atoms with Gasteiger partial charge in [-0.05, 0) is 50.2 Å². The minimum atomic E-state index is -1.84. The normalized spacial score (nSPS) is 53.3. The summed E-state index contributed by atoms with van der Waals surface area (Å²) in [5.41, 5.74) is -3.13. The van der Waals surface area contributed by atoms with Gasteiger partial charge in [0.15, 0.2) is 11.5 Å². The molecule has 0 spiro atoms. The Bertz CT molecular complexity index is 710. The van der Waals surface area contributed by atoms with Crippen molar-refractivity contribution in [2.75, 3.05) is 0 Å². The molecule has 1 N–H and O–H groups in total. The minimum absolute atomic E-state index is 0.109. The molecular weight excluding hydrogens is 307 g/mol. The molecule has 3 saturated carbocycles. The summed E-state index contributed by atoms with van der Waals surface area (Å²) < 4.78 is 16.7. The number of halogens is 1. The summed E-state index contributed by atoms with van der Waals surface area (Å²) >= 11 is 0. The average Bonchev–Trinajstić information content (AvgIpc) is 2.74. The SMILES string of the molecule is C[C@]12C=CC(=O)C=C1CC[C@H]1[C@]3(C)CCC(=O)[C@@]3(C)CC(O)[C@]12F. The van der Waals surface area contributed by atoms with Gasteiger partial charge in [-0.3, -0.25) is 9.59 Å². The zero-order valence-corrected chi connectivity index (χ0v) is 14.6. The van der Waals surface area contributed by atoms with Crippen LogP contribution in [-0.2, 0) is 9.59 Å². The second-order valence-electron chi connectivity index (χ2n) is 8.86. The Labute approximate surface area is 142 Å². The van der Waals surface area contributed by atoms with Crippen LogP contribution in [0.4, 0.5) is 4.39 Å². The molecule has 0 radical (unpaired) electrons. The largest absolute Gasteiger partial charge is 0.390 e. The fourth-order valence-electron chi connectivity index (χ4n) is 6.35. The maximum atomic E-state index is 16.7. The van der Waals surface area contributed by atoms with E-state index >= 15 is 4.39 Å². The molecule has 4 rings (SSSR count). The molecule has 4 aliphatic rings. The van der Waals surface area contributed by atoms with Crippen LogP contribution in [-0.4, -0.2) is 28.4 Å². The van der Waals surface area contributed by atoms with E-state index in [9.17, 15) is 14.7 Å². The Balaban J connectivity index is 1.90. The molecule has 0 heterocycles. The minimum Gasteiger partial charge on any atom is -0.390 e. The van der Waals surface area contributed by atoms with E-state index in [1.165, 1.54) is 6.08 Å². The summed E-state index contributed by atoms with van der Waals surface area (Å²) in [5.74, 6) is -0.334. The summed E-state index contributed by atoms with van der Waals surface area (Å²) in [5, 5.41) is 10.9. The molecule has 0 aromatic carbocycles. The van der Waals surface area contributed by atoms with Gasteiger partial charge in [0.25, 0.3) is 0 Å². The number of rotatable bonds is 0. The number of ketones is 2. The number of allylic oxidation sites excluding steroid dienone is 4. The van der Waals surface area contributed by atoms with Gasteiger partial charge in [-0.1, -0.05) is 25.5 Å². The Hall–Kier alpha value is -1.29. The van der Waals surface area contributed by atoms with Gasteiger partial charge in [0.1, 0.15) is 5.78 Å². The summed E-state index contributed by atoms with van der Waals surface area (Å²) in [7, 11) is 0. The molecular formula is C20H25FO3. The fraction of sp³-hybridized carbons (Fsp3) is 0.700. The quantitative estimate of drug-likeness (QED) is 0.740. The van der Waals surface area contributed by atoms with Crippen molar-refractivity contribution in [3.05, 3.63) is 23.8 Å². The fourth-order valence-corrected chi connectivity index (χ4v) is 6.35. The van der Waals surface area contributed by atoms with Gasteiger partial charge in [-0.2, -0.15) is 0 Å². The van der Waals surface area contributed by atoms with Crippen molar-refractivity contribution in [1.82, 2.24) is 0 Å². The molecule has 4 aliphatic carbocycles. The molecule has 3 nitrogen and oxygen atoms in total. The first-order valence-electron chi connectivity index (χ1n) is 8.94. The summed E-state index contributed by atoms with van der Waals surface area (Å²) in [6.07, 6.45) is 5.97. The molecule has 4 heteroatoms. The van der Waals surface area contributed by atoms with Crippen molar-refractivity contribution in [1.29, 1.82) is 0 Å². The van der Waals surface area contributed by atoms with Crippen molar-refractivity contribution in [2.45, 2.75) is 64.6 Å². The predicted octanol–water partition coefficient (Wildman–Crippen LogP) is 3.32. The maximum absolute atomic E-state index is 16.7. The molecule has 0 aliphatic heterocycles. The lowest BCUT2D eigenvalue weighted by Gasteiger charge is -2.64. The van der Waals surface area contributed by atoms with E-state index in [-0.39, 0.29) is 23.9 Å². The third-order valence-electron chi connectivity index (χ3n) is 8.17. The van der Waals surface area contributed by atoms with Crippen molar-refractivity contribution < 1.29 is 19.1 Å². The first-order valence-corrected chi connectivity index (χ1v) is 8.94. The highest BCUT2D eigenvalue weighted by Gasteiger charge is 2.74. The average molecular weight is 332 g/mol. The van der Waals surface area contributed by atoms with E-state index in [1.54, 1.807) is 19.1 Å². The molecule has 1 unspecified atom stereocenters. The van der Waals surface area contributed by atoms with Gasteiger partial charge in [-0.25, -0.2) is 4.39 Å². The maximum Gasteiger partial charge on any atom is 0.178 e. The topological polar surface area (TPSA) is 54.4 Å². The van der Waals surface area contributed by atoms with Crippen molar-refractivity contribution >= 4 is 11.6 Å². The van der Waals surface area contributed by atoms with Crippen LogP contribution in [0.1, 0.15) is 52.9 Å². The van der Waals surface area contributed by atoms with E-state index in [0.717, 1.165) is 5.57 Å². The number of hydrogen-bond donors (Lipinski definition) is 1. The summed E-state index contributed by atoms with van der Waals surface area (Å²) in [6.45, 7) is 5.76. The first-order chi connectivity index (χ1) is 11.1. The van der Waals surface area contributed by atoms with E-state index < -0.39 is 28.0 Å². The summed E-state index contributed by atoms with van der Waals surface area (Å²) in [4.78, 5) is 24.3. The predicted molar refractivity (Wildman–Crippen MR) is 88.0 cm³/mol. The highest BCUT2D eigenvalue weighted by atomic mass is 19.1. The van der Waals surface area contributed by atoms with Crippen LogP contribution in [0, 0.1) is 22.2 Å². The van der Waals surface area contributed by atoms with Gasteiger partial charge in [0, 0.05) is 23.2 Å². The number of hydrogen-bond acceptors (Lipinski definition) is 3. The van der Waals surface area contributed by atoms with E-state index in [1.807, 2.05) is 13.8 Å². The third kappa shape index (κ3) is 1.52. The Morgan fingerprint density at radius 3 is 2.62 bits per heavy atom. The molecule has 6 atom stereocenters. The Morgan fingerprint density at radius 2 is 1.92 bits per heavy atom. The van der Waals surface area contributed by atoms with Gasteiger partial charge >= 0.3 is 0 Å². The highest BCUT2D eigenvalue weighted by Crippen LogP contribution is 2.71. The van der Waals surface area contributed by atoms with Crippen LogP contribution in [0.25, 0.3) is 0 Å². The third-order valence-corrected chi connectivity index (χ3v) is 8.17. The first kappa shape index (κ1) is 16.2. The van der Waals surface area contributed by atoms with Crippen LogP contribution < -0.4 is 0 Å². The van der Waals surface area contributed by atoms with E-state index in [4.69, 9.17) is 0 Å². The second-order valence-corrected chi connectivity index (χ2v) is 8.86. The molecule has 0 bridgehead atoms. The zero-order chi connectivity index (χ0) is 17.5. The Morgan fingerprint density at radius 1 is 1.21 bits per heavy atom. The Kier molecular flexibility index (Phi) is 3.01. The molecule has 24 heavy (non-hydrogen) atoms. The molecule has 3 fully saturated rings. The van der Waals surface area contributed by atoms with Crippen LogP contribution in [0.15, 0.2) is 23.8 Å². The van der Waals surface area contributed by atoms with Crippen LogP contribution in [0.2, 0.25) is 0 Å². The number of aliphatic hydroxyl groups is 1. The van der Waals surface area contributed by atoms with Crippen molar-refractivity contribution in [2.24, 2.45) is 22.2 Å². The van der Waals surface area contributed by atoms with E-state index in [2.05, 4.69) is 0 Å². The smallest absolute Gasteiger partial charge is 0.178 e. The van der Waals surface area contributed by atoms with Gasteiger partial charge in [-0.15, -0.1) is 0 Å². The van der Waals surface area contributed by atoms with Crippen molar-refractivity contribution in [3.63, 3.8) is 0 Å². The highest BCUT2D eigenvalue weighted by molar-refractivity contribution is 6.01. The lowest BCUT2D eigenvalue weighted by molar-refractivity contribution is -0.218. The number of Topliss-reactive ketones (excluding diaryl/α,β-unsaturated/α-hetero) is 1. The van der Waals surface area contributed by atoms with Crippen LogP contribution in [0.5, 0.6) is 0 Å². The van der Waals surface area contributed by atoms with Gasteiger partial charge in [0.05, 0.1) is 6.10 Å². The number of alkyl halides is 1. The monoisotopic (exact) mass is 332 g/mol. The lowest BCUT2D eigenvalue weighted by Crippen LogP contribution is -2.69. The van der Waals surface area contributed by atoms with Crippen LogP contribution in [0.3, 0.4) is 0 Å².